The van der Waals surface area contributed by atoms with Gasteiger partial charge in [0.25, 0.3) is 0 Å². The van der Waals surface area contributed by atoms with Gasteiger partial charge in [0.1, 0.15) is 17.6 Å². The second-order valence-corrected chi connectivity index (χ2v) is 11.0. The van der Waals surface area contributed by atoms with Gasteiger partial charge in [0.05, 0.1) is 12.1 Å². The molecule has 0 saturated heterocycles. The molecule has 1 aromatic carbocycles. The van der Waals surface area contributed by atoms with E-state index >= 15 is 0 Å². The number of aliphatic carboxylic acids is 1. The standard InChI is InChI=1S/C29H38N2O4S/c1-8-10-25(31-36(34)16-9-11-26(20(2)3)21(4)28(32)33)17-22-18-30-27(35-19-22)23-12-14-24(15-13-23)29(5,6)7/h9-17,20,31H,4,8,18-19H2,1-3,5-7H3,(H,32,33)/b16-9+,22-17-,25-10+,26-11-. The molecule has 0 fully saturated rings. The van der Waals surface area contributed by atoms with Gasteiger partial charge in [0, 0.05) is 16.7 Å². The smallest absolute Gasteiger partial charge is 0.335 e. The molecular weight excluding hydrogens is 472 g/mol. The number of benzene rings is 1. The molecule has 0 spiro atoms. The highest BCUT2D eigenvalue weighted by Crippen LogP contribution is 2.23. The zero-order valence-corrected chi connectivity index (χ0v) is 22.9. The highest BCUT2D eigenvalue weighted by Gasteiger charge is 2.17. The van der Waals surface area contributed by atoms with Gasteiger partial charge in [-0.25, -0.2) is 14.0 Å². The summed E-state index contributed by atoms with van der Waals surface area (Å²) in [6.07, 6.45) is 7.86. The van der Waals surface area contributed by atoms with Crippen LogP contribution in [0.3, 0.4) is 0 Å². The average molecular weight is 511 g/mol. The number of rotatable bonds is 10. The molecular formula is C29H38N2O4S. The zero-order chi connectivity index (χ0) is 26.9. The minimum Gasteiger partial charge on any atom is -0.478 e. The van der Waals surface area contributed by atoms with Crippen LogP contribution in [0.1, 0.15) is 59.1 Å². The predicted octanol–water partition coefficient (Wildman–Crippen LogP) is 5.97. The number of carboxylic acids is 1. The zero-order valence-electron chi connectivity index (χ0n) is 22.1. The first kappa shape index (κ1) is 29.0. The molecule has 0 saturated carbocycles. The average Bonchev–Trinajstić information content (AvgIpc) is 2.81. The molecule has 1 aliphatic heterocycles. The van der Waals surface area contributed by atoms with E-state index in [4.69, 9.17) is 4.74 Å². The Labute approximate surface area is 217 Å². The summed E-state index contributed by atoms with van der Waals surface area (Å²) in [5.74, 6) is -0.457. The molecule has 1 aliphatic rings. The molecule has 36 heavy (non-hydrogen) atoms. The molecule has 1 aromatic rings. The number of hydrogen-bond acceptors (Lipinski definition) is 4. The SMILES string of the molecule is C=C(C(=O)O)/C(=C\C=C\S(=O)NC(/C=C1/CN=C(c2ccc(C(C)(C)C)cc2)OC1)=C/CC)C(C)C. The third-order valence-corrected chi connectivity index (χ3v) is 6.37. The van der Waals surface area contributed by atoms with Crippen molar-refractivity contribution < 1.29 is 18.8 Å². The normalized spacial score (nSPS) is 17.2. The van der Waals surface area contributed by atoms with Crippen molar-refractivity contribution in [2.75, 3.05) is 13.2 Å². The Morgan fingerprint density at radius 1 is 1.28 bits per heavy atom. The van der Waals surface area contributed by atoms with Gasteiger partial charge in [-0.15, -0.1) is 0 Å². The molecule has 0 aliphatic carbocycles. The van der Waals surface area contributed by atoms with Gasteiger partial charge in [-0.3, -0.25) is 0 Å². The fraction of sp³-hybridized carbons (Fsp3) is 0.379. The number of allylic oxidation sites excluding steroid dienone is 4. The molecule has 0 radical (unpaired) electrons. The van der Waals surface area contributed by atoms with Gasteiger partial charge in [-0.05, 0) is 52.7 Å². The van der Waals surface area contributed by atoms with E-state index in [1.807, 2.05) is 45.1 Å². The Balaban J connectivity index is 2.07. The van der Waals surface area contributed by atoms with Gasteiger partial charge in [-0.2, -0.15) is 0 Å². The Morgan fingerprint density at radius 2 is 1.94 bits per heavy atom. The first-order chi connectivity index (χ1) is 16.9. The van der Waals surface area contributed by atoms with Crippen molar-refractivity contribution in [3.05, 3.63) is 94.1 Å². The van der Waals surface area contributed by atoms with Crippen molar-refractivity contribution in [1.29, 1.82) is 0 Å². The maximum absolute atomic E-state index is 12.6. The summed E-state index contributed by atoms with van der Waals surface area (Å²) in [7, 11) is -1.50. The summed E-state index contributed by atoms with van der Waals surface area (Å²) in [6, 6.07) is 8.30. The van der Waals surface area contributed by atoms with Crippen LogP contribution in [0.15, 0.2) is 88.0 Å². The Kier molecular flexibility index (Phi) is 10.7. The fourth-order valence-corrected chi connectivity index (χ4v) is 4.16. The predicted molar refractivity (Wildman–Crippen MR) is 149 cm³/mol. The largest absolute Gasteiger partial charge is 0.478 e. The lowest BCUT2D eigenvalue weighted by Gasteiger charge is -2.20. The van der Waals surface area contributed by atoms with Crippen molar-refractivity contribution in [1.82, 2.24) is 4.72 Å². The number of ether oxygens (including phenoxy) is 1. The van der Waals surface area contributed by atoms with Gasteiger partial charge < -0.3 is 14.6 Å². The van der Waals surface area contributed by atoms with Gasteiger partial charge >= 0.3 is 5.97 Å². The van der Waals surface area contributed by atoms with E-state index in [0.29, 0.717) is 24.6 Å². The van der Waals surface area contributed by atoms with E-state index in [1.54, 1.807) is 12.2 Å². The van der Waals surface area contributed by atoms with Crippen molar-refractivity contribution in [3.8, 4) is 0 Å². The minimum absolute atomic E-state index is 0.0203. The summed E-state index contributed by atoms with van der Waals surface area (Å²) < 4.78 is 21.5. The van der Waals surface area contributed by atoms with Crippen LogP contribution >= 0.6 is 0 Å². The number of aliphatic imine (C=N–C) groups is 1. The molecule has 2 rings (SSSR count). The van der Waals surface area contributed by atoms with Gasteiger partial charge in [0.15, 0.2) is 0 Å². The van der Waals surface area contributed by atoms with E-state index in [2.05, 4.69) is 49.2 Å². The van der Waals surface area contributed by atoms with Crippen molar-refractivity contribution in [2.24, 2.45) is 10.9 Å². The molecule has 2 N–H and O–H groups in total. The van der Waals surface area contributed by atoms with Crippen LogP contribution < -0.4 is 4.72 Å². The van der Waals surface area contributed by atoms with Crippen LogP contribution in [0.4, 0.5) is 0 Å². The van der Waals surface area contributed by atoms with Crippen LogP contribution in [0.2, 0.25) is 0 Å². The molecule has 1 heterocycles. The summed E-state index contributed by atoms with van der Waals surface area (Å²) >= 11 is 0. The lowest BCUT2D eigenvalue weighted by atomic mass is 9.87. The van der Waals surface area contributed by atoms with Crippen LogP contribution in [-0.2, 0) is 25.9 Å². The first-order valence-corrected chi connectivity index (χ1v) is 13.3. The lowest BCUT2D eigenvalue weighted by Crippen LogP contribution is -2.19. The summed E-state index contributed by atoms with van der Waals surface area (Å²) in [6.45, 7) is 16.8. The highest BCUT2D eigenvalue weighted by atomic mass is 32.2. The molecule has 0 bridgehead atoms. The lowest BCUT2D eigenvalue weighted by molar-refractivity contribution is -0.132. The molecule has 1 unspecified atom stereocenters. The number of hydrogen-bond donors (Lipinski definition) is 2. The summed E-state index contributed by atoms with van der Waals surface area (Å²) in [5, 5.41) is 10.7. The third-order valence-electron chi connectivity index (χ3n) is 5.53. The van der Waals surface area contributed by atoms with Crippen LogP contribution in [0, 0.1) is 5.92 Å². The number of carboxylic acid groups (broad SMARTS) is 1. The number of carbonyl (C=O) groups is 1. The van der Waals surface area contributed by atoms with E-state index < -0.39 is 17.0 Å². The third kappa shape index (κ3) is 8.79. The van der Waals surface area contributed by atoms with Crippen LogP contribution in [-0.4, -0.2) is 34.3 Å². The van der Waals surface area contributed by atoms with Crippen LogP contribution in [0.25, 0.3) is 0 Å². The topological polar surface area (TPSA) is 88.0 Å². The van der Waals surface area contributed by atoms with Crippen molar-refractivity contribution >= 4 is 22.9 Å². The van der Waals surface area contributed by atoms with Crippen molar-refractivity contribution in [2.45, 2.75) is 53.4 Å². The highest BCUT2D eigenvalue weighted by molar-refractivity contribution is 7.86. The van der Waals surface area contributed by atoms with Gasteiger partial charge in [0.2, 0.25) is 5.90 Å². The molecule has 6 nitrogen and oxygen atoms in total. The Bertz CT molecular complexity index is 1130. The summed E-state index contributed by atoms with van der Waals surface area (Å²) in [4.78, 5) is 15.8. The monoisotopic (exact) mass is 510 g/mol. The first-order valence-electron chi connectivity index (χ1n) is 12.1. The minimum atomic E-state index is -1.50. The molecule has 1 atom stereocenters. The second-order valence-electron chi connectivity index (χ2n) is 9.90. The summed E-state index contributed by atoms with van der Waals surface area (Å²) in [5.41, 5.74) is 4.61. The van der Waals surface area contributed by atoms with E-state index in [9.17, 15) is 14.1 Å². The number of nitrogens with one attached hydrogen (secondary N) is 1. The second kappa shape index (κ2) is 13.2. The molecule has 7 heteroatoms. The molecule has 0 amide bonds. The quantitative estimate of drug-likeness (QED) is 0.300. The number of nitrogens with zero attached hydrogens (tertiary/aromatic N) is 1. The van der Waals surface area contributed by atoms with Crippen molar-refractivity contribution in [3.63, 3.8) is 0 Å². The Morgan fingerprint density at radius 3 is 2.44 bits per heavy atom. The maximum Gasteiger partial charge on any atom is 0.335 e. The molecule has 194 valence electrons. The van der Waals surface area contributed by atoms with E-state index in [1.165, 1.54) is 11.0 Å². The fourth-order valence-electron chi connectivity index (χ4n) is 3.50. The molecule has 0 aromatic heterocycles. The van der Waals surface area contributed by atoms with Gasteiger partial charge in [-0.1, -0.05) is 78.5 Å². The maximum atomic E-state index is 12.6. The Hall–Kier alpha value is -3.19. The van der Waals surface area contributed by atoms with E-state index in [-0.39, 0.29) is 16.9 Å². The van der Waals surface area contributed by atoms with Crippen LogP contribution in [0.5, 0.6) is 0 Å². The van der Waals surface area contributed by atoms with E-state index in [0.717, 1.165) is 23.3 Å².